The number of phenolic OH excluding ortho intramolecular Hbond substituents is 1. The van der Waals surface area contributed by atoms with Gasteiger partial charge in [-0.25, -0.2) is 0 Å². The first kappa shape index (κ1) is 15.2. The molecule has 0 aliphatic carbocycles. The molecule has 1 amide bonds. The first-order chi connectivity index (χ1) is 9.20. The van der Waals surface area contributed by atoms with Gasteiger partial charge in [0.1, 0.15) is 5.75 Å². The Bertz CT molecular complexity index is 545. The van der Waals surface area contributed by atoms with Crippen molar-refractivity contribution in [3.63, 3.8) is 0 Å². The number of benzene rings is 1. The van der Waals surface area contributed by atoms with E-state index < -0.39 is 18.1 Å². The predicted molar refractivity (Wildman–Crippen MR) is 70.4 cm³/mol. The lowest BCUT2D eigenvalue weighted by atomic mass is 10.0. The molecule has 1 unspecified atom stereocenters. The molecule has 0 radical (unpaired) electrons. The second-order valence-electron chi connectivity index (χ2n) is 4.87. The summed E-state index contributed by atoms with van der Waals surface area (Å²) in [6.07, 6.45) is -4.23. The van der Waals surface area contributed by atoms with Crippen molar-refractivity contribution in [3.8, 4) is 5.75 Å². The molecule has 110 valence electrons. The SMILES string of the molecule is CC1Cc2cc(Br)c(O)cc2CCN1C(=O)C(F)(F)F. The Morgan fingerprint density at radius 2 is 2.05 bits per heavy atom. The molecule has 1 aliphatic rings. The standard InChI is InChI=1S/C13H13BrF3NO2/c1-7-4-9-5-10(14)11(19)6-8(9)2-3-18(7)12(20)13(15,16)17/h5-7,19H,2-4H2,1H3. The van der Waals surface area contributed by atoms with Crippen molar-refractivity contribution >= 4 is 21.8 Å². The molecule has 1 aliphatic heterocycles. The van der Waals surface area contributed by atoms with Gasteiger partial charge in [-0.2, -0.15) is 13.2 Å². The van der Waals surface area contributed by atoms with Gasteiger partial charge in [-0.3, -0.25) is 4.79 Å². The Kier molecular flexibility index (Phi) is 4.00. The quantitative estimate of drug-likeness (QED) is 0.780. The topological polar surface area (TPSA) is 40.5 Å². The second kappa shape index (κ2) is 5.27. The Morgan fingerprint density at radius 3 is 2.65 bits per heavy atom. The number of aromatic hydroxyl groups is 1. The van der Waals surface area contributed by atoms with Crippen LogP contribution in [-0.2, 0) is 17.6 Å². The van der Waals surface area contributed by atoms with E-state index in [-0.39, 0.29) is 12.3 Å². The fourth-order valence-electron chi connectivity index (χ4n) is 2.42. The molecule has 3 nitrogen and oxygen atoms in total. The lowest BCUT2D eigenvalue weighted by Crippen LogP contribution is -2.46. The summed E-state index contributed by atoms with van der Waals surface area (Å²) >= 11 is 3.19. The van der Waals surface area contributed by atoms with Crippen LogP contribution in [0, 0.1) is 0 Å². The number of phenols is 1. The molecule has 2 rings (SSSR count). The summed E-state index contributed by atoms with van der Waals surface area (Å²) in [6.45, 7) is 1.59. The summed E-state index contributed by atoms with van der Waals surface area (Å²) < 4.78 is 38.2. The van der Waals surface area contributed by atoms with Gasteiger partial charge >= 0.3 is 12.1 Å². The van der Waals surface area contributed by atoms with Gasteiger partial charge in [0.15, 0.2) is 0 Å². The molecule has 0 spiro atoms. The molecule has 0 bridgehead atoms. The molecule has 0 saturated heterocycles. The Morgan fingerprint density at radius 1 is 1.40 bits per heavy atom. The van der Waals surface area contributed by atoms with E-state index in [0.29, 0.717) is 17.3 Å². The Hall–Kier alpha value is -1.24. The molecule has 7 heteroatoms. The highest BCUT2D eigenvalue weighted by Crippen LogP contribution is 2.31. The van der Waals surface area contributed by atoms with E-state index in [4.69, 9.17) is 0 Å². The monoisotopic (exact) mass is 351 g/mol. The first-order valence-electron chi connectivity index (χ1n) is 6.08. The van der Waals surface area contributed by atoms with Crippen LogP contribution in [0.3, 0.4) is 0 Å². The Balaban J connectivity index is 2.29. The van der Waals surface area contributed by atoms with Gasteiger partial charge in [-0.1, -0.05) is 0 Å². The maximum Gasteiger partial charge on any atom is 0.471 e. The fourth-order valence-corrected chi connectivity index (χ4v) is 2.81. The van der Waals surface area contributed by atoms with Crippen LogP contribution in [0.1, 0.15) is 18.1 Å². The summed E-state index contributed by atoms with van der Waals surface area (Å²) in [4.78, 5) is 12.3. The number of hydrogen-bond donors (Lipinski definition) is 1. The summed E-state index contributed by atoms with van der Waals surface area (Å²) in [5.41, 5.74) is 1.62. The van der Waals surface area contributed by atoms with Gasteiger partial charge < -0.3 is 10.0 Å². The maximum absolute atomic E-state index is 12.6. The minimum atomic E-state index is -4.85. The molecule has 0 aromatic heterocycles. The van der Waals surface area contributed by atoms with Crippen LogP contribution in [0.15, 0.2) is 16.6 Å². The van der Waals surface area contributed by atoms with Crippen molar-refractivity contribution in [3.05, 3.63) is 27.7 Å². The molecule has 1 atom stereocenters. The third-order valence-electron chi connectivity index (χ3n) is 3.44. The van der Waals surface area contributed by atoms with Crippen molar-refractivity contribution in [1.29, 1.82) is 0 Å². The van der Waals surface area contributed by atoms with Crippen molar-refractivity contribution < 1.29 is 23.1 Å². The highest BCUT2D eigenvalue weighted by atomic mass is 79.9. The van der Waals surface area contributed by atoms with Crippen molar-refractivity contribution in [1.82, 2.24) is 4.90 Å². The molecule has 0 saturated carbocycles. The lowest BCUT2D eigenvalue weighted by molar-refractivity contribution is -0.187. The van der Waals surface area contributed by atoms with Gasteiger partial charge in [0.25, 0.3) is 0 Å². The summed E-state index contributed by atoms with van der Waals surface area (Å²) in [5.74, 6) is -1.76. The Labute approximate surface area is 122 Å². The number of fused-ring (bicyclic) bond motifs is 1. The number of nitrogens with zero attached hydrogens (tertiary/aromatic N) is 1. The molecule has 20 heavy (non-hydrogen) atoms. The number of halogens is 4. The van der Waals surface area contributed by atoms with Crippen molar-refractivity contribution in [2.75, 3.05) is 6.54 Å². The van der Waals surface area contributed by atoms with Gasteiger partial charge in [0.05, 0.1) is 4.47 Å². The van der Waals surface area contributed by atoms with Gasteiger partial charge in [-0.15, -0.1) is 0 Å². The normalized spacial score (nSPS) is 19.4. The van der Waals surface area contributed by atoms with Crippen LogP contribution in [0.25, 0.3) is 0 Å². The van der Waals surface area contributed by atoms with E-state index in [2.05, 4.69) is 15.9 Å². The summed E-state index contributed by atoms with van der Waals surface area (Å²) in [5, 5.41) is 9.63. The van der Waals surface area contributed by atoms with Crippen LogP contribution >= 0.6 is 15.9 Å². The molecule has 1 N–H and O–H groups in total. The summed E-state index contributed by atoms with van der Waals surface area (Å²) in [7, 11) is 0. The number of carbonyl (C=O) groups is 1. The third-order valence-corrected chi connectivity index (χ3v) is 4.08. The van der Waals surface area contributed by atoms with Gasteiger partial charge in [-0.05, 0) is 59.0 Å². The van der Waals surface area contributed by atoms with E-state index in [1.807, 2.05) is 0 Å². The van der Waals surface area contributed by atoms with Gasteiger partial charge in [0, 0.05) is 12.6 Å². The molecular weight excluding hydrogens is 339 g/mol. The number of carbonyl (C=O) groups excluding carboxylic acids is 1. The first-order valence-corrected chi connectivity index (χ1v) is 6.87. The minimum absolute atomic E-state index is 0.00637. The van der Waals surface area contributed by atoms with Crippen LogP contribution < -0.4 is 0 Å². The van der Waals surface area contributed by atoms with E-state index in [0.717, 1.165) is 16.0 Å². The number of hydrogen-bond acceptors (Lipinski definition) is 2. The van der Waals surface area contributed by atoms with Crippen LogP contribution in [0.2, 0.25) is 0 Å². The number of amides is 1. The number of alkyl halides is 3. The van der Waals surface area contributed by atoms with Crippen molar-refractivity contribution in [2.24, 2.45) is 0 Å². The summed E-state index contributed by atoms with van der Waals surface area (Å²) in [6, 6.07) is 2.69. The minimum Gasteiger partial charge on any atom is -0.507 e. The zero-order chi connectivity index (χ0) is 15.1. The molecule has 1 aromatic rings. The molecular formula is C13H13BrF3NO2. The highest BCUT2D eigenvalue weighted by Gasteiger charge is 2.44. The van der Waals surface area contributed by atoms with Crippen LogP contribution in [0.5, 0.6) is 5.75 Å². The largest absolute Gasteiger partial charge is 0.507 e. The van der Waals surface area contributed by atoms with E-state index >= 15 is 0 Å². The van der Waals surface area contributed by atoms with Crippen molar-refractivity contribution in [2.45, 2.75) is 32.0 Å². The molecule has 1 heterocycles. The zero-order valence-corrected chi connectivity index (χ0v) is 12.3. The van der Waals surface area contributed by atoms with E-state index in [9.17, 15) is 23.1 Å². The van der Waals surface area contributed by atoms with E-state index in [1.165, 1.54) is 6.07 Å². The molecule has 1 aromatic carbocycles. The predicted octanol–water partition coefficient (Wildman–Crippen LogP) is 3.03. The van der Waals surface area contributed by atoms with Crippen LogP contribution in [-0.4, -0.2) is 34.7 Å². The average molecular weight is 352 g/mol. The van der Waals surface area contributed by atoms with E-state index in [1.54, 1.807) is 13.0 Å². The third kappa shape index (κ3) is 2.92. The number of rotatable bonds is 0. The second-order valence-corrected chi connectivity index (χ2v) is 5.73. The average Bonchev–Trinajstić information content (AvgIpc) is 2.47. The maximum atomic E-state index is 12.6. The molecule has 0 fully saturated rings. The highest BCUT2D eigenvalue weighted by molar-refractivity contribution is 9.10. The van der Waals surface area contributed by atoms with Gasteiger partial charge in [0.2, 0.25) is 0 Å². The smallest absolute Gasteiger partial charge is 0.471 e. The van der Waals surface area contributed by atoms with Crippen LogP contribution in [0.4, 0.5) is 13.2 Å². The fraction of sp³-hybridized carbons (Fsp3) is 0.462. The zero-order valence-electron chi connectivity index (χ0n) is 10.7. The lowest BCUT2D eigenvalue weighted by Gasteiger charge is -2.27.